The van der Waals surface area contributed by atoms with Crippen LogP contribution in [0.3, 0.4) is 0 Å². The van der Waals surface area contributed by atoms with Crippen LogP contribution in [-0.2, 0) is 25.9 Å². The molecule has 0 atom stereocenters. The molecule has 1 aromatic heterocycles. The summed E-state index contributed by atoms with van der Waals surface area (Å²) in [6, 6.07) is 11.8. The molecule has 3 rings (SSSR count). The summed E-state index contributed by atoms with van der Waals surface area (Å²) in [6.07, 6.45) is 1.05. The number of hydrogen-bond acceptors (Lipinski definition) is 6. The van der Waals surface area contributed by atoms with E-state index in [1.807, 2.05) is 18.2 Å². The average Bonchev–Trinajstić information content (AvgIpc) is 3.03. The van der Waals surface area contributed by atoms with Crippen LogP contribution in [-0.4, -0.2) is 38.2 Å². The highest BCUT2D eigenvalue weighted by atomic mass is 32.2. The molecule has 0 bridgehead atoms. The van der Waals surface area contributed by atoms with Crippen molar-refractivity contribution in [2.24, 2.45) is 4.99 Å². The molecule has 0 fully saturated rings. The summed E-state index contributed by atoms with van der Waals surface area (Å²) in [7, 11) is -2.31. The Balaban J connectivity index is 2.21. The fourth-order valence-electron chi connectivity index (χ4n) is 2.99. The summed E-state index contributed by atoms with van der Waals surface area (Å²) in [5, 5.41) is 0. The van der Waals surface area contributed by atoms with Crippen LogP contribution in [0, 0.1) is 0 Å². The number of nitrogens with zero attached hydrogens (tertiary/aromatic N) is 2. The van der Waals surface area contributed by atoms with Crippen molar-refractivity contribution >= 4 is 43.3 Å². The Kier molecular flexibility index (Phi) is 6.23. The van der Waals surface area contributed by atoms with Gasteiger partial charge in [-0.25, -0.2) is 8.42 Å². The van der Waals surface area contributed by atoms with Crippen LogP contribution in [0.15, 0.2) is 52.4 Å². The smallest absolute Gasteiger partial charge is 0.325 e. The minimum Gasteiger partial charge on any atom is -0.468 e. The van der Waals surface area contributed by atoms with Gasteiger partial charge in [-0.2, -0.15) is 4.99 Å². The number of carbonyl (C=O) groups excluding carboxylic acids is 2. The van der Waals surface area contributed by atoms with Crippen molar-refractivity contribution in [2.45, 2.75) is 31.2 Å². The van der Waals surface area contributed by atoms with E-state index in [0.717, 1.165) is 22.0 Å². The molecule has 30 heavy (non-hydrogen) atoms. The molecular formula is C21H22N2O5S2. The molecule has 0 aliphatic rings. The van der Waals surface area contributed by atoms with Gasteiger partial charge in [-0.3, -0.25) is 9.59 Å². The third kappa shape index (κ3) is 4.52. The zero-order valence-corrected chi connectivity index (χ0v) is 18.7. The van der Waals surface area contributed by atoms with Crippen molar-refractivity contribution < 1.29 is 22.7 Å². The summed E-state index contributed by atoms with van der Waals surface area (Å²) in [6.45, 7) is 4.04. The molecular weight excluding hydrogens is 424 g/mol. The van der Waals surface area contributed by atoms with Crippen molar-refractivity contribution in [3.05, 3.63) is 58.4 Å². The van der Waals surface area contributed by atoms with E-state index in [1.54, 1.807) is 16.7 Å². The second-order valence-electron chi connectivity index (χ2n) is 7.11. The van der Waals surface area contributed by atoms with Crippen LogP contribution in [0.2, 0.25) is 0 Å². The molecule has 0 radical (unpaired) electrons. The Hall–Kier alpha value is -2.78. The van der Waals surface area contributed by atoms with Crippen molar-refractivity contribution in [3.63, 3.8) is 0 Å². The average molecular weight is 447 g/mol. The summed E-state index contributed by atoms with van der Waals surface area (Å²) >= 11 is 1.26. The van der Waals surface area contributed by atoms with E-state index < -0.39 is 21.7 Å². The first-order valence-electron chi connectivity index (χ1n) is 9.20. The Bertz CT molecular complexity index is 1300. The molecule has 0 aliphatic carbocycles. The van der Waals surface area contributed by atoms with Crippen LogP contribution in [0.25, 0.3) is 10.2 Å². The van der Waals surface area contributed by atoms with E-state index in [4.69, 9.17) is 4.74 Å². The number of thiazole rings is 1. The molecule has 7 nitrogen and oxygen atoms in total. The first-order valence-corrected chi connectivity index (χ1v) is 11.9. The Morgan fingerprint density at radius 2 is 1.87 bits per heavy atom. The maximum absolute atomic E-state index is 12.9. The van der Waals surface area contributed by atoms with Gasteiger partial charge < -0.3 is 9.30 Å². The summed E-state index contributed by atoms with van der Waals surface area (Å²) in [5.41, 5.74) is 1.86. The third-order valence-electron chi connectivity index (χ3n) is 4.60. The number of sulfone groups is 1. The van der Waals surface area contributed by atoms with Crippen molar-refractivity contribution in [1.29, 1.82) is 0 Å². The summed E-state index contributed by atoms with van der Waals surface area (Å²) in [5.74, 6) is -0.854. The van der Waals surface area contributed by atoms with Gasteiger partial charge in [0.15, 0.2) is 14.6 Å². The predicted octanol–water partition coefficient (Wildman–Crippen LogP) is 3.14. The summed E-state index contributed by atoms with van der Waals surface area (Å²) in [4.78, 5) is 29.2. The fourth-order valence-corrected chi connectivity index (χ4v) is 4.95. The largest absolute Gasteiger partial charge is 0.468 e. The standard InChI is InChI=1S/C21H22N2O5S2/c1-13(2)14-9-10-16-17(11-14)29-21(23(16)12-19(24)28-3)22-20(25)15-7-5-6-8-18(15)30(4,26)27/h5-11,13H,12H2,1-4H3. The predicted molar refractivity (Wildman–Crippen MR) is 115 cm³/mol. The molecule has 0 saturated heterocycles. The van der Waals surface area contributed by atoms with E-state index in [2.05, 4.69) is 18.8 Å². The highest BCUT2D eigenvalue weighted by molar-refractivity contribution is 7.90. The Labute approximate surface area is 178 Å². The molecule has 0 saturated carbocycles. The molecule has 1 heterocycles. The third-order valence-corrected chi connectivity index (χ3v) is 6.80. The molecule has 9 heteroatoms. The van der Waals surface area contributed by atoms with Gasteiger partial charge in [0.25, 0.3) is 5.91 Å². The Morgan fingerprint density at radius 3 is 2.50 bits per heavy atom. The van der Waals surface area contributed by atoms with Crippen LogP contribution in [0.1, 0.15) is 35.7 Å². The van der Waals surface area contributed by atoms with Crippen molar-refractivity contribution in [1.82, 2.24) is 4.57 Å². The first-order chi connectivity index (χ1) is 14.1. The Morgan fingerprint density at radius 1 is 1.17 bits per heavy atom. The van der Waals surface area contributed by atoms with Crippen LogP contribution in [0.5, 0.6) is 0 Å². The number of rotatable bonds is 5. The second-order valence-corrected chi connectivity index (χ2v) is 10.1. The van der Waals surface area contributed by atoms with Gasteiger partial charge in [0, 0.05) is 6.26 Å². The van der Waals surface area contributed by atoms with Gasteiger partial charge in [-0.1, -0.05) is 43.4 Å². The molecule has 2 aromatic carbocycles. The number of hydrogen-bond donors (Lipinski definition) is 0. The van der Waals surface area contributed by atoms with E-state index in [0.29, 0.717) is 10.7 Å². The van der Waals surface area contributed by atoms with Gasteiger partial charge >= 0.3 is 5.97 Å². The van der Waals surface area contributed by atoms with Crippen LogP contribution in [0.4, 0.5) is 0 Å². The lowest BCUT2D eigenvalue weighted by atomic mass is 10.0. The quantitative estimate of drug-likeness (QED) is 0.561. The lowest BCUT2D eigenvalue weighted by Crippen LogP contribution is -2.22. The zero-order valence-electron chi connectivity index (χ0n) is 17.1. The lowest BCUT2D eigenvalue weighted by Gasteiger charge is -2.07. The number of ether oxygens (including phenoxy) is 1. The SMILES string of the molecule is COC(=O)Cn1c(=NC(=O)c2ccccc2S(C)(=O)=O)sc2cc(C(C)C)ccc21. The van der Waals surface area contributed by atoms with Gasteiger partial charge in [-0.15, -0.1) is 0 Å². The number of esters is 1. The molecule has 0 aliphatic heterocycles. The van der Waals surface area contributed by atoms with E-state index >= 15 is 0 Å². The van der Waals surface area contributed by atoms with E-state index in [-0.39, 0.29) is 17.0 Å². The highest BCUT2D eigenvalue weighted by Gasteiger charge is 2.19. The lowest BCUT2D eigenvalue weighted by molar-refractivity contribution is -0.141. The van der Waals surface area contributed by atoms with Gasteiger partial charge in [0.2, 0.25) is 0 Å². The maximum atomic E-state index is 12.9. The number of carbonyl (C=O) groups is 2. The molecule has 158 valence electrons. The van der Waals surface area contributed by atoms with E-state index in [9.17, 15) is 18.0 Å². The second kappa shape index (κ2) is 8.53. The molecule has 0 unspecified atom stereocenters. The molecule has 0 N–H and O–H groups in total. The van der Waals surface area contributed by atoms with Crippen LogP contribution >= 0.6 is 11.3 Å². The van der Waals surface area contributed by atoms with Crippen LogP contribution < -0.4 is 4.80 Å². The molecule has 1 amide bonds. The van der Waals surface area contributed by atoms with E-state index in [1.165, 1.54) is 30.6 Å². The first kappa shape index (κ1) is 21.9. The highest BCUT2D eigenvalue weighted by Crippen LogP contribution is 2.24. The zero-order chi connectivity index (χ0) is 22.1. The fraction of sp³-hybridized carbons (Fsp3) is 0.286. The van der Waals surface area contributed by atoms with Crippen molar-refractivity contribution in [3.8, 4) is 0 Å². The number of aromatic nitrogens is 1. The monoisotopic (exact) mass is 446 g/mol. The number of amides is 1. The maximum Gasteiger partial charge on any atom is 0.325 e. The topological polar surface area (TPSA) is 94.8 Å². The number of methoxy groups -OCH3 is 1. The normalized spacial score (nSPS) is 12.5. The van der Waals surface area contributed by atoms with Crippen molar-refractivity contribution in [2.75, 3.05) is 13.4 Å². The summed E-state index contributed by atoms with van der Waals surface area (Å²) < 4.78 is 31.4. The molecule has 0 spiro atoms. The van der Waals surface area contributed by atoms with Gasteiger partial charge in [-0.05, 0) is 35.7 Å². The minimum atomic E-state index is -3.60. The number of fused-ring (bicyclic) bond motifs is 1. The van der Waals surface area contributed by atoms with Gasteiger partial charge in [0.05, 0.1) is 27.8 Å². The minimum absolute atomic E-state index is 0.00931. The molecule has 3 aromatic rings. The van der Waals surface area contributed by atoms with Gasteiger partial charge in [0.1, 0.15) is 6.54 Å². The number of benzene rings is 2.